The Morgan fingerprint density at radius 3 is 2.20 bits per heavy atom. The van der Waals surface area contributed by atoms with E-state index in [1.54, 1.807) is 0 Å². The van der Waals surface area contributed by atoms with E-state index >= 15 is 0 Å². The van der Waals surface area contributed by atoms with E-state index in [4.69, 9.17) is 0 Å². The first-order valence-corrected chi connectivity index (χ1v) is 4.57. The summed E-state index contributed by atoms with van der Waals surface area (Å²) in [5.74, 6) is -0.574. The standard InChI is InChI=1S/C5H6F2O2S/c6-5(7)4-1-2-10(8,9)3-4/h1-3H2. The molecule has 1 rings (SSSR count). The molecule has 5 heteroatoms. The number of hydrogen-bond acceptors (Lipinski definition) is 2. The molecule has 1 fully saturated rings. The molecule has 0 bridgehead atoms. The van der Waals surface area contributed by atoms with Gasteiger partial charge in [0.2, 0.25) is 0 Å². The molecule has 58 valence electrons. The Balaban J connectivity index is 2.89. The van der Waals surface area contributed by atoms with E-state index in [0.29, 0.717) is 0 Å². The number of sulfone groups is 1. The first-order chi connectivity index (χ1) is 4.51. The summed E-state index contributed by atoms with van der Waals surface area (Å²) in [6.07, 6.45) is -1.83. The lowest BCUT2D eigenvalue weighted by Gasteiger charge is -1.87. The van der Waals surface area contributed by atoms with Gasteiger partial charge in [-0.15, -0.1) is 0 Å². The van der Waals surface area contributed by atoms with Crippen molar-refractivity contribution in [2.24, 2.45) is 0 Å². The van der Waals surface area contributed by atoms with Crippen LogP contribution in [0.15, 0.2) is 11.7 Å². The molecule has 0 aliphatic carbocycles. The van der Waals surface area contributed by atoms with Gasteiger partial charge in [-0.2, -0.15) is 8.78 Å². The second-order valence-corrected chi connectivity index (χ2v) is 4.39. The molecule has 0 unspecified atom stereocenters. The van der Waals surface area contributed by atoms with Crippen LogP contribution in [0.4, 0.5) is 8.78 Å². The summed E-state index contributed by atoms with van der Waals surface area (Å²) in [7, 11) is -3.18. The van der Waals surface area contributed by atoms with E-state index in [-0.39, 0.29) is 17.7 Å². The highest BCUT2D eigenvalue weighted by Crippen LogP contribution is 2.21. The van der Waals surface area contributed by atoms with Gasteiger partial charge in [0.25, 0.3) is 6.08 Å². The van der Waals surface area contributed by atoms with E-state index in [1.165, 1.54) is 0 Å². The maximum absolute atomic E-state index is 11.7. The normalized spacial score (nSPS) is 23.2. The second kappa shape index (κ2) is 2.30. The number of halogens is 2. The van der Waals surface area contributed by atoms with E-state index in [2.05, 4.69) is 0 Å². The van der Waals surface area contributed by atoms with Gasteiger partial charge in [0.15, 0.2) is 9.84 Å². The molecule has 0 aromatic carbocycles. The molecule has 0 amide bonds. The van der Waals surface area contributed by atoms with Gasteiger partial charge in [-0.1, -0.05) is 0 Å². The van der Waals surface area contributed by atoms with Crippen LogP contribution >= 0.6 is 0 Å². The van der Waals surface area contributed by atoms with Crippen LogP contribution in [0, 0.1) is 0 Å². The van der Waals surface area contributed by atoms with Crippen LogP contribution in [0.2, 0.25) is 0 Å². The fraction of sp³-hybridized carbons (Fsp3) is 0.600. The van der Waals surface area contributed by atoms with Gasteiger partial charge < -0.3 is 0 Å². The maximum atomic E-state index is 11.7. The lowest BCUT2D eigenvalue weighted by atomic mass is 10.3. The lowest BCUT2D eigenvalue weighted by molar-refractivity contribution is 0.410. The van der Waals surface area contributed by atoms with Gasteiger partial charge in [0, 0.05) is 5.57 Å². The highest BCUT2D eigenvalue weighted by molar-refractivity contribution is 7.91. The summed E-state index contributed by atoms with van der Waals surface area (Å²) in [6, 6.07) is 0. The van der Waals surface area contributed by atoms with Crippen molar-refractivity contribution in [3.63, 3.8) is 0 Å². The lowest BCUT2D eigenvalue weighted by Crippen LogP contribution is -1.99. The van der Waals surface area contributed by atoms with Crippen LogP contribution in [-0.2, 0) is 9.84 Å². The monoisotopic (exact) mass is 168 g/mol. The molecule has 1 aliphatic rings. The van der Waals surface area contributed by atoms with Crippen molar-refractivity contribution in [3.8, 4) is 0 Å². The van der Waals surface area contributed by atoms with Crippen molar-refractivity contribution >= 4 is 9.84 Å². The van der Waals surface area contributed by atoms with Crippen LogP contribution < -0.4 is 0 Å². The molecular formula is C5H6F2O2S. The Morgan fingerprint density at radius 2 is 2.00 bits per heavy atom. The van der Waals surface area contributed by atoms with Crippen molar-refractivity contribution in [1.29, 1.82) is 0 Å². The van der Waals surface area contributed by atoms with Crippen molar-refractivity contribution in [3.05, 3.63) is 11.7 Å². The SMILES string of the molecule is O=S1(=O)CCC(=C(F)F)C1. The molecule has 0 aromatic rings. The minimum Gasteiger partial charge on any atom is -0.228 e. The molecule has 1 aliphatic heterocycles. The number of rotatable bonds is 0. The second-order valence-electron chi connectivity index (χ2n) is 2.21. The van der Waals surface area contributed by atoms with Gasteiger partial charge in [-0.3, -0.25) is 0 Å². The molecule has 0 radical (unpaired) electrons. The first-order valence-electron chi connectivity index (χ1n) is 2.75. The van der Waals surface area contributed by atoms with Crippen LogP contribution in [0.1, 0.15) is 6.42 Å². The maximum Gasteiger partial charge on any atom is 0.270 e. The predicted molar refractivity (Wildman–Crippen MR) is 32.5 cm³/mol. The Kier molecular flexibility index (Phi) is 1.76. The van der Waals surface area contributed by atoms with Crippen molar-refractivity contribution in [2.75, 3.05) is 11.5 Å². The smallest absolute Gasteiger partial charge is 0.228 e. The highest BCUT2D eigenvalue weighted by Gasteiger charge is 2.25. The molecule has 0 aromatic heterocycles. The minimum atomic E-state index is -3.18. The van der Waals surface area contributed by atoms with Crippen LogP contribution in [0.5, 0.6) is 0 Å². The third-order valence-corrected chi connectivity index (χ3v) is 2.99. The molecular weight excluding hydrogens is 162 g/mol. The molecule has 0 spiro atoms. The van der Waals surface area contributed by atoms with Crippen LogP contribution in [-0.4, -0.2) is 19.9 Å². The van der Waals surface area contributed by atoms with Crippen LogP contribution in [0.25, 0.3) is 0 Å². The first kappa shape index (κ1) is 7.65. The van der Waals surface area contributed by atoms with Gasteiger partial charge in [-0.05, 0) is 6.42 Å². The molecule has 1 heterocycles. The van der Waals surface area contributed by atoms with E-state index in [9.17, 15) is 17.2 Å². The zero-order valence-electron chi connectivity index (χ0n) is 5.10. The molecule has 0 saturated carbocycles. The van der Waals surface area contributed by atoms with E-state index in [1.807, 2.05) is 0 Å². The quantitative estimate of drug-likeness (QED) is 0.539. The fourth-order valence-corrected chi connectivity index (χ4v) is 2.32. The van der Waals surface area contributed by atoms with Gasteiger partial charge >= 0.3 is 0 Å². The Labute approximate surface area is 57.5 Å². The van der Waals surface area contributed by atoms with Gasteiger partial charge in [-0.25, -0.2) is 8.42 Å². The highest BCUT2D eigenvalue weighted by atomic mass is 32.2. The van der Waals surface area contributed by atoms with E-state index in [0.717, 1.165) is 0 Å². The average molecular weight is 168 g/mol. The molecule has 1 saturated heterocycles. The summed E-state index contributed by atoms with van der Waals surface area (Å²) in [4.78, 5) is 0. The molecule has 0 atom stereocenters. The molecule has 2 nitrogen and oxygen atoms in total. The van der Waals surface area contributed by atoms with Crippen LogP contribution in [0.3, 0.4) is 0 Å². The summed E-state index contributed by atoms with van der Waals surface area (Å²) in [5, 5.41) is 0. The topological polar surface area (TPSA) is 34.1 Å². The Morgan fingerprint density at radius 1 is 1.40 bits per heavy atom. The van der Waals surface area contributed by atoms with Crippen molar-refractivity contribution < 1.29 is 17.2 Å². The zero-order valence-corrected chi connectivity index (χ0v) is 5.92. The average Bonchev–Trinajstić information content (AvgIpc) is 2.10. The summed E-state index contributed by atoms with van der Waals surface area (Å²) >= 11 is 0. The fourth-order valence-electron chi connectivity index (χ4n) is 0.838. The Hall–Kier alpha value is -0.450. The molecule has 0 N–H and O–H groups in total. The summed E-state index contributed by atoms with van der Waals surface area (Å²) in [6.45, 7) is 0. The van der Waals surface area contributed by atoms with Crippen molar-refractivity contribution in [2.45, 2.75) is 6.42 Å². The summed E-state index contributed by atoms with van der Waals surface area (Å²) in [5.41, 5.74) is -0.222. The minimum absolute atomic E-state index is 0.00463. The van der Waals surface area contributed by atoms with E-state index < -0.39 is 21.7 Å². The Bertz CT molecular complexity index is 261. The number of hydrogen-bond donors (Lipinski definition) is 0. The molecule has 10 heavy (non-hydrogen) atoms. The predicted octanol–water partition coefficient (Wildman–Crippen LogP) is 0.956. The van der Waals surface area contributed by atoms with Crippen molar-refractivity contribution in [1.82, 2.24) is 0 Å². The summed E-state index contributed by atoms with van der Waals surface area (Å²) < 4.78 is 44.6. The zero-order chi connectivity index (χ0) is 7.78. The van der Waals surface area contributed by atoms with Gasteiger partial charge in [0.1, 0.15) is 0 Å². The third-order valence-electron chi connectivity index (χ3n) is 1.38. The van der Waals surface area contributed by atoms with Gasteiger partial charge in [0.05, 0.1) is 11.5 Å². The largest absolute Gasteiger partial charge is 0.270 e. The third kappa shape index (κ3) is 1.53.